The minimum atomic E-state index is -6.50. The molecule has 15 heteroatoms. The van der Waals surface area contributed by atoms with Gasteiger partial charge in [-0.1, -0.05) is 20.3 Å². The van der Waals surface area contributed by atoms with Crippen molar-refractivity contribution in [2.24, 2.45) is 17.8 Å². The predicted molar refractivity (Wildman–Crippen MR) is 79.5 cm³/mol. The van der Waals surface area contributed by atoms with Gasteiger partial charge in [-0.2, -0.15) is 52.7 Å². The molecule has 3 atom stereocenters. The predicted octanol–water partition coefficient (Wildman–Crippen LogP) is 5.16. The number of ether oxygens (including phenoxy) is 1. The van der Waals surface area contributed by atoms with Crippen LogP contribution in [-0.4, -0.2) is 58.8 Å². The average molecular weight is 488 g/mol. The zero-order valence-corrected chi connectivity index (χ0v) is 16.0. The Morgan fingerprint density at radius 2 is 1.00 bits per heavy atom. The van der Waals surface area contributed by atoms with Crippen molar-refractivity contribution in [1.82, 2.24) is 0 Å². The zero-order chi connectivity index (χ0) is 24.8. The minimum Gasteiger partial charge on any atom is -0.377 e. The Kier molecular flexibility index (Phi) is 7.64. The normalized spacial score (nSPS) is 25.7. The molecule has 186 valence electrons. The summed E-state index contributed by atoms with van der Waals surface area (Å²) in [7, 11) is 0. The highest BCUT2D eigenvalue weighted by molar-refractivity contribution is 5.12. The van der Waals surface area contributed by atoms with Gasteiger partial charge in [0.2, 0.25) is 0 Å². The summed E-state index contributed by atoms with van der Waals surface area (Å²) in [6, 6.07) is 0. The first-order valence-electron chi connectivity index (χ1n) is 8.90. The molecule has 1 saturated carbocycles. The quantitative estimate of drug-likeness (QED) is 0.509. The molecule has 0 saturated heterocycles. The molecule has 1 rings (SSSR count). The van der Waals surface area contributed by atoms with Crippen molar-refractivity contribution < 1.29 is 67.6 Å². The third-order valence-electron chi connectivity index (χ3n) is 5.65. The third kappa shape index (κ3) is 4.72. The van der Waals surface area contributed by atoms with Gasteiger partial charge in [-0.15, -0.1) is 0 Å². The summed E-state index contributed by atoms with van der Waals surface area (Å²) >= 11 is 0. The Bertz CT molecular complexity index is 533. The molecule has 31 heavy (non-hydrogen) atoms. The fourth-order valence-corrected chi connectivity index (χ4v) is 3.65. The standard InChI is InChI=1S/C16H20F12O3/c1-3-7(2)6-31-10-8(11(29,13(17,18)19)14(20,21)22)4-5-9(10)12(30,15(23,24)25)16(26,27)28/h7-10,29-30H,3-6H2,1-2H3. The third-order valence-corrected chi connectivity index (χ3v) is 5.65. The van der Waals surface area contributed by atoms with Crippen molar-refractivity contribution in [3.8, 4) is 0 Å². The number of alkyl halides is 12. The number of aliphatic hydroxyl groups is 2. The van der Waals surface area contributed by atoms with Gasteiger partial charge in [-0.25, -0.2) is 0 Å². The summed E-state index contributed by atoms with van der Waals surface area (Å²) in [4.78, 5) is 0. The Balaban J connectivity index is 3.67. The van der Waals surface area contributed by atoms with E-state index < -0.39 is 79.2 Å². The molecule has 0 aromatic heterocycles. The average Bonchev–Trinajstić information content (AvgIpc) is 2.97. The van der Waals surface area contributed by atoms with E-state index in [2.05, 4.69) is 0 Å². The van der Waals surface area contributed by atoms with Crippen LogP contribution in [0.1, 0.15) is 33.1 Å². The second-order valence-corrected chi connectivity index (χ2v) is 7.63. The molecule has 0 amide bonds. The van der Waals surface area contributed by atoms with E-state index in [4.69, 9.17) is 4.74 Å². The van der Waals surface area contributed by atoms with Crippen molar-refractivity contribution in [3.63, 3.8) is 0 Å². The maximum Gasteiger partial charge on any atom is 0.426 e. The fraction of sp³-hybridized carbons (Fsp3) is 1.00. The van der Waals surface area contributed by atoms with Gasteiger partial charge in [0, 0.05) is 18.4 Å². The molecule has 0 spiro atoms. The fourth-order valence-electron chi connectivity index (χ4n) is 3.65. The van der Waals surface area contributed by atoms with E-state index in [0.717, 1.165) is 0 Å². The molecular formula is C16H20F12O3. The number of hydrogen-bond donors (Lipinski definition) is 2. The van der Waals surface area contributed by atoms with Gasteiger partial charge in [0.05, 0.1) is 6.10 Å². The van der Waals surface area contributed by atoms with E-state index in [0.29, 0.717) is 0 Å². The molecule has 1 fully saturated rings. The molecule has 3 nitrogen and oxygen atoms in total. The van der Waals surface area contributed by atoms with Crippen LogP contribution >= 0.6 is 0 Å². The van der Waals surface area contributed by atoms with Crippen LogP contribution in [0, 0.1) is 17.8 Å². The van der Waals surface area contributed by atoms with E-state index in [9.17, 15) is 62.9 Å². The van der Waals surface area contributed by atoms with Crippen LogP contribution in [-0.2, 0) is 4.74 Å². The van der Waals surface area contributed by atoms with E-state index in [-0.39, 0.29) is 6.42 Å². The first kappa shape index (κ1) is 28.1. The van der Waals surface area contributed by atoms with Crippen LogP contribution in [0.15, 0.2) is 0 Å². The molecule has 0 bridgehead atoms. The Hall–Kier alpha value is -0.960. The topological polar surface area (TPSA) is 49.7 Å². The van der Waals surface area contributed by atoms with Crippen molar-refractivity contribution >= 4 is 0 Å². The molecule has 3 unspecified atom stereocenters. The van der Waals surface area contributed by atoms with Crippen LogP contribution in [0.3, 0.4) is 0 Å². The lowest BCUT2D eigenvalue weighted by Gasteiger charge is -2.44. The van der Waals surface area contributed by atoms with Crippen LogP contribution in [0.25, 0.3) is 0 Å². The lowest BCUT2D eigenvalue weighted by molar-refractivity contribution is -0.404. The first-order valence-corrected chi connectivity index (χ1v) is 8.90. The lowest BCUT2D eigenvalue weighted by Crippen LogP contribution is -2.67. The van der Waals surface area contributed by atoms with E-state index in [1.165, 1.54) is 13.8 Å². The lowest BCUT2D eigenvalue weighted by atomic mass is 9.77. The minimum absolute atomic E-state index is 0.174. The van der Waals surface area contributed by atoms with Crippen molar-refractivity contribution in [3.05, 3.63) is 0 Å². The van der Waals surface area contributed by atoms with Gasteiger partial charge in [0.15, 0.2) is 0 Å². The van der Waals surface area contributed by atoms with Crippen LogP contribution in [0.2, 0.25) is 0 Å². The van der Waals surface area contributed by atoms with Crippen molar-refractivity contribution in [1.29, 1.82) is 0 Å². The molecule has 2 N–H and O–H groups in total. The summed E-state index contributed by atoms with van der Waals surface area (Å²) < 4.78 is 164. The molecular weight excluding hydrogens is 468 g/mol. The van der Waals surface area contributed by atoms with Crippen LogP contribution < -0.4 is 0 Å². The SMILES string of the molecule is CCC(C)COC1C(C(O)(C(F)(F)F)C(F)(F)F)CCC1C(O)(C(F)(F)F)C(F)(F)F. The molecule has 0 aromatic rings. The van der Waals surface area contributed by atoms with Crippen LogP contribution in [0.4, 0.5) is 52.7 Å². The summed E-state index contributed by atoms with van der Waals surface area (Å²) in [6.45, 7) is 2.01. The maximum absolute atomic E-state index is 13.2. The molecule has 0 aromatic carbocycles. The van der Waals surface area contributed by atoms with Crippen molar-refractivity contribution in [2.45, 2.75) is 75.1 Å². The first-order chi connectivity index (χ1) is 13.6. The summed E-state index contributed by atoms with van der Waals surface area (Å²) in [6.07, 6.45) is -32.0. The molecule has 0 heterocycles. The van der Waals surface area contributed by atoms with Gasteiger partial charge in [0.1, 0.15) is 0 Å². The Labute approximate surface area is 168 Å². The van der Waals surface area contributed by atoms with Gasteiger partial charge < -0.3 is 14.9 Å². The van der Waals surface area contributed by atoms with Gasteiger partial charge in [0.25, 0.3) is 11.2 Å². The Morgan fingerprint density at radius 3 is 1.23 bits per heavy atom. The van der Waals surface area contributed by atoms with E-state index >= 15 is 0 Å². The van der Waals surface area contributed by atoms with Crippen molar-refractivity contribution in [2.75, 3.05) is 6.61 Å². The smallest absolute Gasteiger partial charge is 0.377 e. The number of halogens is 12. The van der Waals surface area contributed by atoms with Gasteiger partial charge in [-0.3, -0.25) is 0 Å². The highest BCUT2D eigenvalue weighted by Gasteiger charge is 2.81. The van der Waals surface area contributed by atoms with Crippen LogP contribution in [0.5, 0.6) is 0 Å². The maximum atomic E-state index is 13.2. The van der Waals surface area contributed by atoms with E-state index in [1.807, 2.05) is 0 Å². The van der Waals surface area contributed by atoms with Gasteiger partial charge in [-0.05, 0) is 18.8 Å². The molecule has 0 radical (unpaired) electrons. The summed E-state index contributed by atoms with van der Waals surface area (Å²) in [5, 5.41) is 19.2. The summed E-state index contributed by atoms with van der Waals surface area (Å²) in [5.41, 5.74) is -11.3. The second kappa shape index (κ2) is 8.43. The number of rotatable bonds is 6. The number of hydrogen-bond acceptors (Lipinski definition) is 3. The zero-order valence-electron chi connectivity index (χ0n) is 16.0. The highest BCUT2D eigenvalue weighted by Crippen LogP contribution is 2.59. The molecule has 1 aliphatic carbocycles. The monoisotopic (exact) mass is 488 g/mol. The molecule has 1 aliphatic rings. The largest absolute Gasteiger partial charge is 0.426 e. The Morgan fingerprint density at radius 1 is 0.710 bits per heavy atom. The van der Waals surface area contributed by atoms with Gasteiger partial charge >= 0.3 is 24.7 Å². The van der Waals surface area contributed by atoms with E-state index in [1.54, 1.807) is 0 Å². The molecule has 0 aliphatic heterocycles. The second-order valence-electron chi connectivity index (χ2n) is 7.63. The highest BCUT2D eigenvalue weighted by atomic mass is 19.4. The summed E-state index contributed by atoms with van der Waals surface area (Å²) in [5.74, 6) is -7.23.